The van der Waals surface area contributed by atoms with Crippen LogP contribution in [0.15, 0.2) is 41.0 Å². The van der Waals surface area contributed by atoms with E-state index in [1.54, 1.807) is 6.07 Å². The lowest BCUT2D eigenvalue weighted by atomic mass is 10.3. The first-order chi connectivity index (χ1) is 12.4. The second-order valence-electron chi connectivity index (χ2n) is 5.23. The van der Waals surface area contributed by atoms with Gasteiger partial charge in [-0.25, -0.2) is 4.39 Å². The Morgan fingerprint density at radius 1 is 1.31 bits per heavy atom. The molecule has 0 saturated heterocycles. The third-order valence-electron chi connectivity index (χ3n) is 3.23. The van der Waals surface area contributed by atoms with Crippen LogP contribution in [0.2, 0.25) is 5.02 Å². The molecule has 0 aliphatic rings. The van der Waals surface area contributed by atoms with Crippen molar-refractivity contribution >= 4 is 35.1 Å². The van der Waals surface area contributed by atoms with Crippen molar-refractivity contribution in [2.75, 3.05) is 11.9 Å². The average molecular weight is 383 g/mol. The topological polar surface area (TPSA) is 97.6 Å². The molecule has 0 unspecified atom stereocenters. The van der Waals surface area contributed by atoms with E-state index in [0.29, 0.717) is 0 Å². The van der Waals surface area contributed by atoms with Gasteiger partial charge in [0.2, 0.25) is 0 Å². The standard InChI is InChI=1S/C17H16ClFN2O5/c1-10(16(23)21-13-5-4-11(19)9-12(13)18)26-15(22)6-7-20-17(24)14-3-2-8-25-14/h2-5,8-10H,6-7H2,1H3,(H,20,24)(H,21,23)/t10-/m0/s1. The number of esters is 1. The molecule has 138 valence electrons. The largest absolute Gasteiger partial charge is 0.459 e. The number of amides is 2. The summed E-state index contributed by atoms with van der Waals surface area (Å²) in [4.78, 5) is 35.4. The van der Waals surface area contributed by atoms with Gasteiger partial charge in [0.15, 0.2) is 11.9 Å². The third-order valence-corrected chi connectivity index (χ3v) is 3.54. The normalized spacial score (nSPS) is 11.5. The van der Waals surface area contributed by atoms with Gasteiger partial charge in [0.1, 0.15) is 5.82 Å². The lowest BCUT2D eigenvalue weighted by Crippen LogP contribution is -2.32. The SMILES string of the molecule is C[C@H](OC(=O)CCNC(=O)c1ccco1)C(=O)Nc1ccc(F)cc1Cl. The van der Waals surface area contributed by atoms with Gasteiger partial charge in [0, 0.05) is 6.54 Å². The number of anilines is 1. The highest BCUT2D eigenvalue weighted by atomic mass is 35.5. The second-order valence-corrected chi connectivity index (χ2v) is 5.64. The number of nitrogens with one attached hydrogen (secondary N) is 2. The third kappa shape index (κ3) is 5.59. The number of benzene rings is 1. The Morgan fingerprint density at radius 2 is 2.08 bits per heavy atom. The lowest BCUT2D eigenvalue weighted by molar-refractivity contribution is -0.153. The molecule has 0 bridgehead atoms. The highest BCUT2D eigenvalue weighted by Gasteiger charge is 2.19. The zero-order valence-electron chi connectivity index (χ0n) is 13.8. The molecule has 1 heterocycles. The minimum Gasteiger partial charge on any atom is -0.459 e. The van der Waals surface area contributed by atoms with Crippen molar-refractivity contribution in [1.82, 2.24) is 5.32 Å². The Bertz CT molecular complexity index is 794. The predicted molar refractivity (Wildman–Crippen MR) is 91.3 cm³/mol. The second kappa shape index (κ2) is 9.00. The molecule has 0 fully saturated rings. The minimum absolute atomic E-state index is 0.0243. The monoisotopic (exact) mass is 382 g/mol. The number of hydrogen-bond donors (Lipinski definition) is 2. The number of ether oxygens (including phenoxy) is 1. The zero-order valence-corrected chi connectivity index (χ0v) is 14.5. The predicted octanol–water partition coefficient (Wildman–Crippen LogP) is 2.76. The first kappa shape index (κ1) is 19.5. The molecule has 0 aliphatic carbocycles. The van der Waals surface area contributed by atoms with Crippen molar-refractivity contribution in [3.05, 3.63) is 53.2 Å². The number of carbonyl (C=O) groups is 3. The summed E-state index contributed by atoms with van der Waals surface area (Å²) in [5, 5.41) is 4.95. The molecule has 2 amide bonds. The van der Waals surface area contributed by atoms with E-state index < -0.39 is 29.7 Å². The van der Waals surface area contributed by atoms with Crippen LogP contribution in [0.5, 0.6) is 0 Å². The van der Waals surface area contributed by atoms with Crippen LogP contribution >= 0.6 is 11.6 Å². The van der Waals surface area contributed by atoms with Crippen molar-refractivity contribution < 1.29 is 27.9 Å². The van der Waals surface area contributed by atoms with Crippen molar-refractivity contribution in [3.63, 3.8) is 0 Å². The molecule has 0 aliphatic heterocycles. The molecule has 0 radical (unpaired) electrons. The highest BCUT2D eigenvalue weighted by Crippen LogP contribution is 2.22. The molecular weight excluding hydrogens is 367 g/mol. The molecule has 9 heteroatoms. The summed E-state index contributed by atoms with van der Waals surface area (Å²) >= 11 is 5.81. The fourth-order valence-corrected chi connectivity index (χ4v) is 2.12. The van der Waals surface area contributed by atoms with Gasteiger partial charge in [-0.05, 0) is 37.3 Å². The van der Waals surface area contributed by atoms with Gasteiger partial charge in [0.25, 0.3) is 11.8 Å². The lowest BCUT2D eigenvalue weighted by Gasteiger charge is -2.14. The van der Waals surface area contributed by atoms with Crippen LogP contribution in [0.1, 0.15) is 23.9 Å². The number of hydrogen-bond acceptors (Lipinski definition) is 5. The molecule has 7 nitrogen and oxygen atoms in total. The Hall–Kier alpha value is -2.87. The van der Waals surface area contributed by atoms with Crippen LogP contribution in [0.3, 0.4) is 0 Å². The summed E-state index contributed by atoms with van der Waals surface area (Å²) in [5.74, 6) is -2.16. The maximum absolute atomic E-state index is 13.0. The number of halogens is 2. The van der Waals surface area contributed by atoms with Crippen molar-refractivity contribution in [1.29, 1.82) is 0 Å². The van der Waals surface area contributed by atoms with Crippen molar-refractivity contribution in [2.24, 2.45) is 0 Å². The molecule has 0 spiro atoms. The molecule has 0 saturated carbocycles. The molecule has 1 atom stereocenters. The summed E-state index contributed by atoms with van der Waals surface area (Å²) in [6.07, 6.45) is 0.141. The number of furan rings is 1. The van der Waals surface area contributed by atoms with E-state index in [4.69, 9.17) is 20.8 Å². The fraction of sp³-hybridized carbons (Fsp3) is 0.235. The average Bonchev–Trinajstić information content (AvgIpc) is 3.11. The summed E-state index contributed by atoms with van der Waals surface area (Å²) in [5.41, 5.74) is 0.201. The molecule has 1 aromatic heterocycles. The Morgan fingerprint density at radius 3 is 2.73 bits per heavy atom. The maximum Gasteiger partial charge on any atom is 0.308 e. The summed E-state index contributed by atoms with van der Waals surface area (Å²) in [7, 11) is 0. The van der Waals surface area contributed by atoms with E-state index in [-0.39, 0.29) is 29.4 Å². The van der Waals surface area contributed by atoms with E-state index >= 15 is 0 Å². The maximum atomic E-state index is 13.0. The number of rotatable bonds is 7. The van der Waals surface area contributed by atoms with Gasteiger partial charge >= 0.3 is 5.97 Å². The smallest absolute Gasteiger partial charge is 0.308 e. The van der Waals surface area contributed by atoms with E-state index in [1.807, 2.05) is 0 Å². The van der Waals surface area contributed by atoms with Crippen LogP contribution in [0.4, 0.5) is 10.1 Å². The summed E-state index contributed by atoms with van der Waals surface area (Å²) < 4.78 is 22.9. The van der Waals surface area contributed by atoms with E-state index in [1.165, 1.54) is 25.3 Å². The first-order valence-corrected chi connectivity index (χ1v) is 8.01. The van der Waals surface area contributed by atoms with Crippen LogP contribution in [-0.2, 0) is 14.3 Å². The van der Waals surface area contributed by atoms with Crippen LogP contribution in [0.25, 0.3) is 0 Å². The highest BCUT2D eigenvalue weighted by molar-refractivity contribution is 6.33. The van der Waals surface area contributed by atoms with Gasteiger partial charge in [0.05, 0.1) is 23.4 Å². The van der Waals surface area contributed by atoms with Gasteiger partial charge in [-0.1, -0.05) is 11.6 Å². The van der Waals surface area contributed by atoms with Gasteiger partial charge < -0.3 is 19.8 Å². The molecule has 26 heavy (non-hydrogen) atoms. The van der Waals surface area contributed by atoms with E-state index in [9.17, 15) is 18.8 Å². The molecule has 2 aromatic rings. The molecule has 2 rings (SSSR count). The van der Waals surface area contributed by atoms with Gasteiger partial charge in [-0.2, -0.15) is 0 Å². The summed E-state index contributed by atoms with van der Waals surface area (Å²) in [6, 6.07) is 6.54. The molecule has 1 aromatic carbocycles. The number of carbonyl (C=O) groups excluding carboxylic acids is 3. The first-order valence-electron chi connectivity index (χ1n) is 7.64. The molecule has 2 N–H and O–H groups in total. The van der Waals surface area contributed by atoms with Crippen molar-refractivity contribution in [2.45, 2.75) is 19.4 Å². The Kier molecular flexibility index (Phi) is 6.74. The van der Waals surface area contributed by atoms with E-state index in [0.717, 1.165) is 12.1 Å². The van der Waals surface area contributed by atoms with Gasteiger partial charge in [-0.15, -0.1) is 0 Å². The van der Waals surface area contributed by atoms with Crippen LogP contribution < -0.4 is 10.6 Å². The molecular formula is C17H16ClFN2O5. The quantitative estimate of drug-likeness (QED) is 0.717. The summed E-state index contributed by atoms with van der Waals surface area (Å²) in [6.45, 7) is 1.41. The van der Waals surface area contributed by atoms with Gasteiger partial charge in [-0.3, -0.25) is 14.4 Å². The van der Waals surface area contributed by atoms with Crippen LogP contribution in [0, 0.1) is 5.82 Å². The Labute approximate surface area is 153 Å². The fourth-order valence-electron chi connectivity index (χ4n) is 1.91. The van der Waals surface area contributed by atoms with E-state index in [2.05, 4.69) is 10.6 Å². The Balaban J connectivity index is 1.75. The van der Waals surface area contributed by atoms with Crippen molar-refractivity contribution in [3.8, 4) is 0 Å². The zero-order chi connectivity index (χ0) is 19.1. The van der Waals surface area contributed by atoms with Crippen LogP contribution in [-0.4, -0.2) is 30.4 Å². The minimum atomic E-state index is -1.09.